The van der Waals surface area contributed by atoms with Crippen LogP contribution in [0.25, 0.3) is 0 Å². The standard InChI is InChI=1S/C2H4N4/c3-1-5-2-6-4/h4-5H,2H2. The van der Waals surface area contributed by atoms with Crippen LogP contribution in [0.1, 0.15) is 0 Å². The van der Waals surface area contributed by atoms with Gasteiger partial charge in [-0.15, -0.1) is 0 Å². The van der Waals surface area contributed by atoms with Crippen LogP contribution in [0.5, 0.6) is 0 Å². The molecule has 0 aromatic carbocycles. The van der Waals surface area contributed by atoms with Gasteiger partial charge in [0.1, 0.15) is 6.67 Å². The maximum Gasteiger partial charge on any atom is 0.178 e. The second-order valence-corrected chi connectivity index (χ2v) is 0.605. The third-order valence-corrected chi connectivity index (χ3v) is 0.237. The van der Waals surface area contributed by atoms with Gasteiger partial charge in [-0.3, -0.25) is 0 Å². The molecule has 0 radical (unpaired) electrons. The van der Waals surface area contributed by atoms with Crippen LogP contribution in [0.4, 0.5) is 0 Å². The topological polar surface area (TPSA) is 72.0 Å². The van der Waals surface area contributed by atoms with Crippen molar-refractivity contribution in [3.8, 4) is 6.19 Å². The molecule has 0 aliphatic heterocycles. The van der Waals surface area contributed by atoms with E-state index in [0.717, 1.165) is 0 Å². The van der Waals surface area contributed by atoms with Crippen molar-refractivity contribution in [1.82, 2.24) is 5.32 Å². The molecule has 0 rings (SSSR count). The van der Waals surface area contributed by atoms with Gasteiger partial charge >= 0.3 is 0 Å². The molecular formula is C2H4N4. The average Bonchev–Trinajstić information content (AvgIpc) is 1.61. The van der Waals surface area contributed by atoms with Crippen LogP contribution in [-0.2, 0) is 0 Å². The molecule has 4 heteroatoms. The first kappa shape index (κ1) is 4.89. The van der Waals surface area contributed by atoms with Gasteiger partial charge in [-0.05, 0) is 0 Å². The molecule has 0 aromatic heterocycles. The van der Waals surface area contributed by atoms with Crippen LogP contribution in [0.15, 0.2) is 5.11 Å². The third kappa shape index (κ3) is 2.89. The van der Waals surface area contributed by atoms with Crippen molar-refractivity contribution >= 4 is 0 Å². The molecule has 0 amide bonds. The van der Waals surface area contributed by atoms with Crippen molar-refractivity contribution < 1.29 is 0 Å². The lowest BCUT2D eigenvalue weighted by Crippen LogP contribution is -2.02. The molecule has 6 heavy (non-hydrogen) atoms. The van der Waals surface area contributed by atoms with E-state index in [1.54, 1.807) is 6.19 Å². The summed E-state index contributed by atoms with van der Waals surface area (Å²) in [5.74, 6) is 0. The molecule has 32 valence electrons. The summed E-state index contributed by atoms with van der Waals surface area (Å²) in [5.41, 5.74) is 6.12. The van der Waals surface area contributed by atoms with Gasteiger partial charge in [0, 0.05) is 0 Å². The van der Waals surface area contributed by atoms with Crippen molar-refractivity contribution in [2.45, 2.75) is 0 Å². The quantitative estimate of drug-likeness (QED) is 0.214. The summed E-state index contributed by atoms with van der Waals surface area (Å²) in [6.45, 7) is 0.0938. The molecule has 0 heterocycles. The highest BCUT2D eigenvalue weighted by Crippen LogP contribution is 1.51. The highest BCUT2D eigenvalue weighted by atomic mass is 15.1. The zero-order valence-corrected chi connectivity index (χ0v) is 3.10. The van der Waals surface area contributed by atoms with E-state index in [4.69, 9.17) is 10.8 Å². The Morgan fingerprint density at radius 2 is 2.67 bits per heavy atom. The molecule has 0 fully saturated rings. The molecule has 0 aromatic rings. The van der Waals surface area contributed by atoms with Crippen molar-refractivity contribution in [2.75, 3.05) is 6.67 Å². The van der Waals surface area contributed by atoms with E-state index in [0.29, 0.717) is 0 Å². The summed E-state index contributed by atoms with van der Waals surface area (Å²) in [7, 11) is 0. The highest BCUT2D eigenvalue weighted by molar-refractivity contribution is 4.60. The lowest BCUT2D eigenvalue weighted by Gasteiger charge is -1.77. The average molecular weight is 84.1 g/mol. The van der Waals surface area contributed by atoms with E-state index < -0.39 is 0 Å². The molecule has 0 unspecified atom stereocenters. The maximum atomic E-state index is 7.69. The Kier molecular flexibility index (Phi) is 3.17. The Balaban J connectivity index is 2.72. The van der Waals surface area contributed by atoms with Crippen molar-refractivity contribution in [1.29, 1.82) is 10.8 Å². The molecular weight excluding hydrogens is 80.1 g/mol. The van der Waals surface area contributed by atoms with Gasteiger partial charge < -0.3 is 5.32 Å². The van der Waals surface area contributed by atoms with Gasteiger partial charge in [0.05, 0.1) is 0 Å². The molecule has 0 aliphatic carbocycles. The van der Waals surface area contributed by atoms with Gasteiger partial charge in [0.25, 0.3) is 0 Å². The van der Waals surface area contributed by atoms with E-state index in [9.17, 15) is 0 Å². The second kappa shape index (κ2) is 3.89. The predicted molar refractivity (Wildman–Crippen MR) is 18.8 cm³/mol. The smallest absolute Gasteiger partial charge is 0.178 e. The fourth-order valence-corrected chi connectivity index (χ4v) is 0.0749. The molecule has 0 atom stereocenters. The number of rotatable bonds is 2. The molecule has 0 saturated heterocycles. The molecule has 0 spiro atoms. The summed E-state index contributed by atoms with van der Waals surface area (Å²) < 4.78 is 0. The Morgan fingerprint density at radius 1 is 2.00 bits per heavy atom. The largest absolute Gasteiger partial charge is 0.302 e. The zero-order chi connectivity index (χ0) is 4.83. The molecule has 0 bridgehead atoms. The predicted octanol–water partition coefficient (Wildman–Crippen LogP) is 0.0455. The van der Waals surface area contributed by atoms with Gasteiger partial charge in [-0.2, -0.15) is 10.4 Å². The summed E-state index contributed by atoms with van der Waals surface area (Å²) in [6.07, 6.45) is 1.60. The first-order valence-corrected chi connectivity index (χ1v) is 1.37. The zero-order valence-electron chi connectivity index (χ0n) is 3.10. The third-order valence-electron chi connectivity index (χ3n) is 0.237. The van der Waals surface area contributed by atoms with Gasteiger partial charge in [0.2, 0.25) is 0 Å². The Labute approximate surface area is 35.3 Å². The first-order valence-electron chi connectivity index (χ1n) is 1.37. The molecule has 2 N–H and O–H groups in total. The van der Waals surface area contributed by atoms with Gasteiger partial charge in [-0.25, -0.2) is 5.53 Å². The molecule has 0 saturated carbocycles. The van der Waals surface area contributed by atoms with E-state index in [-0.39, 0.29) is 6.67 Å². The van der Waals surface area contributed by atoms with E-state index in [1.807, 2.05) is 0 Å². The lowest BCUT2D eigenvalue weighted by molar-refractivity contribution is 0.816. The van der Waals surface area contributed by atoms with E-state index in [2.05, 4.69) is 10.4 Å². The minimum absolute atomic E-state index is 0.0938. The second-order valence-electron chi connectivity index (χ2n) is 0.605. The minimum atomic E-state index is 0.0938. The van der Waals surface area contributed by atoms with Crippen molar-refractivity contribution in [3.05, 3.63) is 0 Å². The summed E-state index contributed by atoms with van der Waals surface area (Å²) in [5, 5.41) is 12.7. The minimum Gasteiger partial charge on any atom is -0.302 e. The molecule has 0 aliphatic rings. The maximum absolute atomic E-state index is 7.69. The van der Waals surface area contributed by atoms with Crippen LogP contribution in [0, 0.1) is 17.0 Å². The normalized spacial score (nSPS) is 5.83. The molecule has 4 nitrogen and oxygen atoms in total. The number of nitrogens with one attached hydrogen (secondary N) is 2. The Morgan fingerprint density at radius 3 is 2.83 bits per heavy atom. The number of nitriles is 1. The number of hydrogen-bond donors (Lipinski definition) is 2. The Bertz CT molecular complexity index is 70.1. The lowest BCUT2D eigenvalue weighted by atomic mass is 11.1. The monoisotopic (exact) mass is 84.0 g/mol. The summed E-state index contributed by atoms with van der Waals surface area (Å²) >= 11 is 0. The van der Waals surface area contributed by atoms with Crippen LogP contribution >= 0.6 is 0 Å². The Hall–Kier alpha value is -1.11. The summed E-state index contributed by atoms with van der Waals surface area (Å²) in [4.78, 5) is 0. The van der Waals surface area contributed by atoms with Crippen LogP contribution < -0.4 is 5.32 Å². The highest BCUT2D eigenvalue weighted by Gasteiger charge is 1.64. The number of nitrogens with zero attached hydrogens (tertiary/aromatic N) is 2. The van der Waals surface area contributed by atoms with E-state index >= 15 is 0 Å². The fourth-order valence-electron chi connectivity index (χ4n) is 0.0749. The fraction of sp³-hybridized carbons (Fsp3) is 0.500. The first-order chi connectivity index (χ1) is 2.91. The van der Waals surface area contributed by atoms with Gasteiger partial charge in [0.15, 0.2) is 6.19 Å². The van der Waals surface area contributed by atoms with Gasteiger partial charge in [-0.1, -0.05) is 0 Å². The van der Waals surface area contributed by atoms with E-state index in [1.165, 1.54) is 0 Å². The van der Waals surface area contributed by atoms with Crippen LogP contribution in [0.3, 0.4) is 0 Å². The van der Waals surface area contributed by atoms with Crippen LogP contribution in [-0.4, -0.2) is 6.67 Å². The number of hydrogen-bond acceptors (Lipinski definition) is 4. The summed E-state index contributed by atoms with van der Waals surface area (Å²) in [6, 6.07) is 0. The van der Waals surface area contributed by atoms with Crippen LogP contribution in [0.2, 0.25) is 0 Å². The SMILES string of the molecule is N#CNCN=N. The van der Waals surface area contributed by atoms with Crippen molar-refractivity contribution in [3.63, 3.8) is 0 Å². The van der Waals surface area contributed by atoms with Crippen molar-refractivity contribution in [2.24, 2.45) is 5.11 Å².